The third-order valence-corrected chi connectivity index (χ3v) is 3.19. The molecule has 0 aliphatic carbocycles. The summed E-state index contributed by atoms with van der Waals surface area (Å²) in [5.41, 5.74) is 1.52. The maximum absolute atomic E-state index is 12.2. The fourth-order valence-corrected chi connectivity index (χ4v) is 2.18. The molecule has 5 nitrogen and oxygen atoms in total. The lowest BCUT2D eigenvalue weighted by molar-refractivity contribution is 0.102. The highest BCUT2D eigenvalue weighted by molar-refractivity contribution is 6.07. The van der Waals surface area contributed by atoms with Crippen molar-refractivity contribution >= 4 is 22.7 Å². The summed E-state index contributed by atoms with van der Waals surface area (Å²) >= 11 is 0. The maximum atomic E-state index is 12.2. The molecule has 0 aliphatic rings. The molecular weight excluding hydrogens is 254 g/mol. The van der Waals surface area contributed by atoms with Crippen molar-refractivity contribution in [1.82, 2.24) is 10.2 Å². The standard InChI is InChI=1S/C15H13N3O2/c1-9-12-6-4-3-5-11(12)7-8-13(9)14(19)16-15-18-17-10(2)20-15/h3-8H,1-2H3,(H,16,18,19). The number of fused-ring (bicyclic) bond motifs is 1. The Kier molecular flexibility index (Phi) is 2.95. The number of hydrogen-bond donors (Lipinski definition) is 1. The van der Waals surface area contributed by atoms with Gasteiger partial charge >= 0.3 is 6.01 Å². The Morgan fingerprint density at radius 2 is 1.90 bits per heavy atom. The summed E-state index contributed by atoms with van der Waals surface area (Å²) in [6, 6.07) is 11.8. The highest BCUT2D eigenvalue weighted by Crippen LogP contribution is 2.22. The van der Waals surface area contributed by atoms with Crippen LogP contribution in [0, 0.1) is 13.8 Å². The van der Waals surface area contributed by atoms with Crippen molar-refractivity contribution in [2.45, 2.75) is 13.8 Å². The number of rotatable bonds is 2. The van der Waals surface area contributed by atoms with Gasteiger partial charge in [0, 0.05) is 12.5 Å². The Morgan fingerprint density at radius 3 is 2.65 bits per heavy atom. The van der Waals surface area contributed by atoms with Crippen LogP contribution in [-0.2, 0) is 0 Å². The van der Waals surface area contributed by atoms with Crippen LogP contribution in [0.15, 0.2) is 40.8 Å². The molecule has 0 saturated carbocycles. The Labute approximate surface area is 115 Å². The molecule has 0 radical (unpaired) electrons. The zero-order valence-electron chi connectivity index (χ0n) is 11.2. The van der Waals surface area contributed by atoms with E-state index in [1.54, 1.807) is 13.0 Å². The van der Waals surface area contributed by atoms with E-state index in [4.69, 9.17) is 4.42 Å². The number of benzene rings is 2. The summed E-state index contributed by atoms with van der Waals surface area (Å²) in [6.07, 6.45) is 0. The number of carbonyl (C=O) groups excluding carboxylic acids is 1. The van der Waals surface area contributed by atoms with Crippen LogP contribution < -0.4 is 5.32 Å². The number of anilines is 1. The van der Waals surface area contributed by atoms with Crippen LogP contribution in [0.4, 0.5) is 6.01 Å². The van der Waals surface area contributed by atoms with Gasteiger partial charge in [-0.25, -0.2) is 0 Å². The first kappa shape index (κ1) is 12.3. The Balaban J connectivity index is 1.97. The van der Waals surface area contributed by atoms with E-state index in [1.807, 2.05) is 37.3 Å². The van der Waals surface area contributed by atoms with E-state index in [0.717, 1.165) is 16.3 Å². The maximum Gasteiger partial charge on any atom is 0.322 e. The second-order valence-electron chi connectivity index (χ2n) is 4.54. The first-order chi connectivity index (χ1) is 9.65. The normalized spacial score (nSPS) is 10.7. The number of nitrogens with zero attached hydrogens (tertiary/aromatic N) is 2. The summed E-state index contributed by atoms with van der Waals surface area (Å²) in [5, 5.41) is 12.2. The molecule has 2 aromatic carbocycles. The molecule has 0 bridgehead atoms. The van der Waals surface area contributed by atoms with Gasteiger partial charge in [-0.15, -0.1) is 5.10 Å². The van der Waals surface area contributed by atoms with Crippen LogP contribution in [-0.4, -0.2) is 16.1 Å². The van der Waals surface area contributed by atoms with Crippen LogP contribution in [0.2, 0.25) is 0 Å². The third-order valence-electron chi connectivity index (χ3n) is 3.19. The quantitative estimate of drug-likeness (QED) is 0.774. The number of aryl methyl sites for hydroxylation is 2. The first-order valence-corrected chi connectivity index (χ1v) is 6.25. The SMILES string of the molecule is Cc1nnc(NC(=O)c2ccc3ccccc3c2C)o1. The molecule has 1 amide bonds. The lowest BCUT2D eigenvalue weighted by Gasteiger charge is -2.08. The van der Waals surface area contributed by atoms with Gasteiger partial charge in [0.2, 0.25) is 5.89 Å². The van der Waals surface area contributed by atoms with Gasteiger partial charge in [0.15, 0.2) is 0 Å². The number of aromatic nitrogens is 2. The zero-order chi connectivity index (χ0) is 14.1. The molecule has 0 spiro atoms. The summed E-state index contributed by atoms with van der Waals surface area (Å²) in [4.78, 5) is 12.2. The molecule has 3 rings (SSSR count). The predicted molar refractivity (Wildman–Crippen MR) is 75.7 cm³/mol. The van der Waals surface area contributed by atoms with Crippen molar-refractivity contribution in [3.8, 4) is 0 Å². The topological polar surface area (TPSA) is 68.0 Å². The molecule has 100 valence electrons. The average Bonchev–Trinajstić information content (AvgIpc) is 2.84. The molecule has 1 N–H and O–H groups in total. The Hall–Kier alpha value is -2.69. The molecule has 1 aromatic heterocycles. The second-order valence-corrected chi connectivity index (χ2v) is 4.54. The van der Waals surface area contributed by atoms with Gasteiger partial charge in [-0.2, -0.15) is 0 Å². The molecule has 0 unspecified atom stereocenters. The minimum absolute atomic E-state index is 0.111. The van der Waals surface area contributed by atoms with E-state index >= 15 is 0 Å². The van der Waals surface area contributed by atoms with Crippen molar-refractivity contribution < 1.29 is 9.21 Å². The third kappa shape index (κ3) is 2.14. The lowest BCUT2D eigenvalue weighted by Crippen LogP contribution is -2.13. The number of amides is 1. The Bertz CT molecular complexity index is 793. The van der Waals surface area contributed by atoms with Crippen LogP contribution in [0.1, 0.15) is 21.8 Å². The van der Waals surface area contributed by atoms with E-state index in [-0.39, 0.29) is 11.9 Å². The van der Waals surface area contributed by atoms with E-state index in [0.29, 0.717) is 11.5 Å². The van der Waals surface area contributed by atoms with E-state index < -0.39 is 0 Å². The van der Waals surface area contributed by atoms with Crippen molar-refractivity contribution in [2.24, 2.45) is 0 Å². The molecule has 5 heteroatoms. The fraction of sp³-hybridized carbons (Fsp3) is 0.133. The average molecular weight is 267 g/mol. The predicted octanol–water partition coefficient (Wildman–Crippen LogP) is 3.09. The minimum atomic E-state index is -0.253. The van der Waals surface area contributed by atoms with Gasteiger partial charge < -0.3 is 4.42 Å². The summed E-state index contributed by atoms with van der Waals surface area (Å²) in [5.74, 6) is 0.160. The second kappa shape index (κ2) is 4.77. The van der Waals surface area contributed by atoms with Crippen LogP contribution in [0.5, 0.6) is 0 Å². The van der Waals surface area contributed by atoms with E-state index in [2.05, 4.69) is 15.5 Å². The van der Waals surface area contributed by atoms with Crippen LogP contribution in [0.3, 0.4) is 0 Å². The molecule has 20 heavy (non-hydrogen) atoms. The Morgan fingerprint density at radius 1 is 1.10 bits per heavy atom. The van der Waals surface area contributed by atoms with Gasteiger partial charge in [-0.3, -0.25) is 10.1 Å². The highest BCUT2D eigenvalue weighted by Gasteiger charge is 2.14. The van der Waals surface area contributed by atoms with Crippen molar-refractivity contribution in [1.29, 1.82) is 0 Å². The molecule has 0 aliphatic heterocycles. The minimum Gasteiger partial charge on any atom is -0.408 e. The molecule has 0 saturated heterocycles. The summed E-state index contributed by atoms with van der Waals surface area (Å²) < 4.78 is 5.15. The molecular formula is C15H13N3O2. The van der Waals surface area contributed by atoms with E-state index in [9.17, 15) is 4.79 Å². The van der Waals surface area contributed by atoms with Gasteiger partial charge in [0.25, 0.3) is 5.91 Å². The molecule has 1 heterocycles. The van der Waals surface area contributed by atoms with Crippen molar-refractivity contribution in [3.63, 3.8) is 0 Å². The summed E-state index contributed by atoms with van der Waals surface area (Å²) in [6.45, 7) is 3.60. The smallest absolute Gasteiger partial charge is 0.322 e. The number of nitrogens with one attached hydrogen (secondary N) is 1. The number of carbonyl (C=O) groups is 1. The van der Waals surface area contributed by atoms with Gasteiger partial charge in [-0.05, 0) is 29.3 Å². The number of hydrogen-bond acceptors (Lipinski definition) is 4. The highest BCUT2D eigenvalue weighted by atomic mass is 16.4. The largest absolute Gasteiger partial charge is 0.408 e. The molecule has 0 fully saturated rings. The lowest BCUT2D eigenvalue weighted by atomic mass is 10.00. The van der Waals surface area contributed by atoms with Gasteiger partial charge in [0.1, 0.15) is 0 Å². The van der Waals surface area contributed by atoms with Crippen molar-refractivity contribution in [3.05, 3.63) is 53.4 Å². The van der Waals surface area contributed by atoms with Crippen LogP contribution >= 0.6 is 0 Å². The molecule has 0 atom stereocenters. The first-order valence-electron chi connectivity index (χ1n) is 6.25. The van der Waals surface area contributed by atoms with Gasteiger partial charge in [0.05, 0.1) is 0 Å². The monoisotopic (exact) mass is 267 g/mol. The van der Waals surface area contributed by atoms with Crippen LogP contribution in [0.25, 0.3) is 10.8 Å². The van der Waals surface area contributed by atoms with E-state index in [1.165, 1.54) is 0 Å². The van der Waals surface area contributed by atoms with Crippen molar-refractivity contribution in [2.75, 3.05) is 5.32 Å². The van der Waals surface area contributed by atoms with Gasteiger partial charge in [-0.1, -0.05) is 35.4 Å². The summed E-state index contributed by atoms with van der Waals surface area (Å²) in [7, 11) is 0. The fourth-order valence-electron chi connectivity index (χ4n) is 2.18. The zero-order valence-corrected chi connectivity index (χ0v) is 11.2. The molecule has 3 aromatic rings.